The highest BCUT2D eigenvalue weighted by molar-refractivity contribution is 9.10. The first-order valence-electron chi connectivity index (χ1n) is 10.5. The van der Waals surface area contributed by atoms with Crippen molar-refractivity contribution >= 4 is 38.6 Å². The molecule has 2 aromatic heterocycles. The number of aliphatic hydroxyl groups excluding tert-OH is 1. The van der Waals surface area contributed by atoms with Gasteiger partial charge in [-0.25, -0.2) is 0 Å². The maximum absolute atomic E-state index is 13.6. The lowest BCUT2D eigenvalue weighted by molar-refractivity contribution is -0.130. The number of aromatic nitrogens is 1. The van der Waals surface area contributed by atoms with Crippen LogP contribution in [0.5, 0.6) is 5.75 Å². The number of pyridine rings is 1. The van der Waals surface area contributed by atoms with Crippen molar-refractivity contribution in [1.82, 2.24) is 9.88 Å². The number of hydrogen-bond acceptors (Lipinski definition) is 6. The average molecular weight is 519 g/mol. The summed E-state index contributed by atoms with van der Waals surface area (Å²) in [6.07, 6.45) is 3.17. The van der Waals surface area contributed by atoms with Gasteiger partial charge in [0.15, 0.2) is 11.5 Å². The van der Waals surface area contributed by atoms with Crippen molar-refractivity contribution in [3.63, 3.8) is 0 Å². The first kappa shape index (κ1) is 21.9. The van der Waals surface area contributed by atoms with Crippen LogP contribution in [0.2, 0.25) is 0 Å². The molecular weight excluding hydrogens is 500 g/mol. The van der Waals surface area contributed by atoms with Crippen LogP contribution in [-0.4, -0.2) is 33.8 Å². The quantitative estimate of drug-likeness (QED) is 0.344. The Balaban J connectivity index is 1.56. The number of nitrogens with zero attached hydrogens (tertiary/aromatic N) is 2. The van der Waals surface area contributed by atoms with Gasteiger partial charge in [0.25, 0.3) is 5.91 Å². The van der Waals surface area contributed by atoms with Crippen LogP contribution in [-0.2, 0) is 11.3 Å². The number of carbonyl (C=O) groups excluding carboxylic acids is 2. The smallest absolute Gasteiger partial charge is 0.290 e. The molecule has 2 aromatic carbocycles. The number of carbonyl (C=O) groups is 2. The molecule has 7 nitrogen and oxygen atoms in total. The number of aliphatic hydroxyl groups is 1. The molecule has 1 atom stereocenters. The van der Waals surface area contributed by atoms with Crippen molar-refractivity contribution in [3.05, 3.63) is 106 Å². The summed E-state index contributed by atoms with van der Waals surface area (Å²) < 4.78 is 11.8. The minimum absolute atomic E-state index is 0.0252. The number of fused-ring (bicyclic) bond motifs is 1. The molecule has 34 heavy (non-hydrogen) atoms. The number of Topliss-reactive ketones (excluding diaryl/α,β-unsaturated/α-hetero) is 1. The van der Waals surface area contributed by atoms with Crippen LogP contribution in [0.25, 0.3) is 11.0 Å². The predicted octanol–water partition coefficient (Wildman–Crippen LogP) is 5.38. The minimum atomic E-state index is -0.801. The van der Waals surface area contributed by atoms with Crippen molar-refractivity contribution in [2.45, 2.75) is 12.6 Å². The second kappa shape index (κ2) is 8.79. The Hall–Kier alpha value is -3.91. The molecule has 0 saturated heterocycles. The fraction of sp³-hybridized carbons (Fsp3) is 0.115. The van der Waals surface area contributed by atoms with Crippen LogP contribution in [0.3, 0.4) is 0 Å². The van der Waals surface area contributed by atoms with Gasteiger partial charge >= 0.3 is 0 Å². The highest BCUT2D eigenvalue weighted by Gasteiger charge is 2.44. The summed E-state index contributed by atoms with van der Waals surface area (Å²) in [7, 11) is 1.58. The minimum Gasteiger partial charge on any atom is -0.503 e. The van der Waals surface area contributed by atoms with E-state index in [0.717, 1.165) is 15.4 Å². The molecule has 0 saturated carbocycles. The zero-order chi connectivity index (χ0) is 23.8. The first-order valence-corrected chi connectivity index (χ1v) is 11.3. The Morgan fingerprint density at radius 1 is 1.12 bits per heavy atom. The lowest BCUT2D eigenvalue weighted by Gasteiger charge is -2.26. The third-order valence-corrected chi connectivity index (χ3v) is 6.28. The van der Waals surface area contributed by atoms with Crippen LogP contribution in [0.15, 0.2) is 93.3 Å². The number of rotatable bonds is 6. The average Bonchev–Trinajstić information content (AvgIpc) is 3.39. The highest BCUT2D eigenvalue weighted by atomic mass is 79.9. The van der Waals surface area contributed by atoms with Crippen LogP contribution in [0, 0.1) is 0 Å². The van der Waals surface area contributed by atoms with E-state index in [4.69, 9.17) is 9.15 Å². The summed E-state index contributed by atoms with van der Waals surface area (Å²) in [5, 5.41) is 11.6. The molecule has 1 unspecified atom stereocenters. The van der Waals surface area contributed by atoms with Crippen LogP contribution in [0.1, 0.15) is 27.7 Å². The predicted molar refractivity (Wildman–Crippen MR) is 128 cm³/mol. The van der Waals surface area contributed by atoms with E-state index >= 15 is 0 Å². The van der Waals surface area contributed by atoms with E-state index in [1.54, 1.807) is 55.9 Å². The third kappa shape index (κ3) is 3.86. The molecule has 1 aliphatic heterocycles. The molecule has 170 valence electrons. The highest BCUT2D eigenvalue weighted by Crippen LogP contribution is 2.40. The van der Waals surface area contributed by atoms with Crippen LogP contribution in [0.4, 0.5) is 0 Å². The van der Waals surface area contributed by atoms with Gasteiger partial charge in [-0.05, 0) is 59.7 Å². The molecule has 0 aliphatic carbocycles. The molecule has 5 rings (SSSR count). The maximum Gasteiger partial charge on any atom is 0.290 e. The molecule has 1 aliphatic rings. The third-order valence-electron chi connectivity index (χ3n) is 5.78. The number of halogens is 1. The molecule has 0 bridgehead atoms. The second-order valence-electron chi connectivity index (χ2n) is 7.85. The van der Waals surface area contributed by atoms with E-state index in [0.29, 0.717) is 16.9 Å². The zero-order valence-corrected chi connectivity index (χ0v) is 19.7. The van der Waals surface area contributed by atoms with Gasteiger partial charge in [-0.2, -0.15) is 0 Å². The summed E-state index contributed by atoms with van der Waals surface area (Å²) >= 11 is 3.41. The van der Waals surface area contributed by atoms with E-state index < -0.39 is 23.5 Å². The maximum atomic E-state index is 13.6. The monoisotopic (exact) mass is 518 g/mol. The van der Waals surface area contributed by atoms with Crippen LogP contribution >= 0.6 is 15.9 Å². The lowest BCUT2D eigenvalue weighted by Crippen LogP contribution is -2.30. The molecule has 0 radical (unpaired) electrons. The first-order chi connectivity index (χ1) is 16.5. The Morgan fingerprint density at radius 2 is 1.85 bits per heavy atom. The largest absolute Gasteiger partial charge is 0.503 e. The molecule has 0 spiro atoms. The summed E-state index contributed by atoms with van der Waals surface area (Å²) in [5.41, 5.74) is 1.99. The van der Waals surface area contributed by atoms with Crippen molar-refractivity contribution in [3.8, 4) is 5.75 Å². The Labute approximate surface area is 203 Å². The summed E-state index contributed by atoms with van der Waals surface area (Å²) in [4.78, 5) is 32.3. The molecular formula is C26H19BrN2O5. The van der Waals surface area contributed by atoms with Gasteiger partial charge in [0.1, 0.15) is 11.3 Å². The SMILES string of the molecule is COc1ccc(CN2C(=O)C(O)=C(C(=O)c3cc4cc(Br)ccc4o3)C2c2ccncc2)cc1. The summed E-state index contributed by atoms with van der Waals surface area (Å²) in [6, 6.07) is 16.9. The van der Waals surface area contributed by atoms with Gasteiger partial charge < -0.3 is 19.2 Å². The van der Waals surface area contributed by atoms with Crippen molar-refractivity contribution in [2.24, 2.45) is 0 Å². The Morgan fingerprint density at radius 3 is 2.56 bits per heavy atom. The van der Waals surface area contributed by atoms with E-state index in [9.17, 15) is 14.7 Å². The Kier molecular flexibility index (Phi) is 5.67. The summed E-state index contributed by atoms with van der Waals surface area (Å²) in [5.74, 6) is -1.01. The number of ketones is 1. The molecule has 1 amide bonds. The topological polar surface area (TPSA) is 92.9 Å². The standard InChI is InChI=1S/C26H19BrN2O5/c1-33-19-5-2-15(3-6-19)14-29-23(16-8-10-28-11-9-16)22(25(31)26(29)32)24(30)21-13-17-12-18(27)4-7-20(17)34-21/h2-13,23,31H,14H2,1H3. The van der Waals surface area contributed by atoms with E-state index in [1.165, 1.54) is 4.90 Å². The van der Waals surface area contributed by atoms with E-state index in [-0.39, 0.29) is 17.9 Å². The van der Waals surface area contributed by atoms with Crippen molar-refractivity contribution in [2.75, 3.05) is 7.11 Å². The number of benzene rings is 2. The van der Waals surface area contributed by atoms with Crippen molar-refractivity contribution in [1.29, 1.82) is 0 Å². The fourth-order valence-electron chi connectivity index (χ4n) is 4.13. The van der Waals surface area contributed by atoms with Gasteiger partial charge in [0, 0.05) is 28.8 Å². The van der Waals surface area contributed by atoms with Crippen LogP contribution < -0.4 is 4.74 Å². The van der Waals surface area contributed by atoms with Gasteiger partial charge in [0.05, 0.1) is 18.7 Å². The number of ether oxygens (including phenoxy) is 1. The fourth-order valence-corrected chi connectivity index (χ4v) is 4.51. The summed E-state index contributed by atoms with van der Waals surface area (Å²) in [6.45, 7) is 0.184. The zero-order valence-electron chi connectivity index (χ0n) is 18.1. The molecule has 3 heterocycles. The number of methoxy groups -OCH3 is 1. The molecule has 8 heteroatoms. The number of furan rings is 1. The molecule has 0 fully saturated rings. The number of hydrogen-bond donors (Lipinski definition) is 1. The van der Waals surface area contributed by atoms with E-state index in [1.807, 2.05) is 24.3 Å². The van der Waals surface area contributed by atoms with Gasteiger partial charge in [0.2, 0.25) is 5.78 Å². The second-order valence-corrected chi connectivity index (χ2v) is 8.76. The Bertz CT molecular complexity index is 1430. The van der Waals surface area contributed by atoms with Gasteiger partial charge in [-0.15, -0.1) is 0 Å². The lowest BCUT2D eigenvalue weighted by atomic mass is 9.95. The molecule has 4 aromatic rings. The normalized spacial score (nSPS) is 15.9. The van der Waals surface area contributed by atoms with Gasteiger partial charge in [-0.1, -0.05) is 28.1 Å². The van der Waals surface area contributed by atoms with E-state index in [2.05, 4.69) is 20.9 Å². The number of amides is 1. The van der Waals surface area contributed by atoms with Crippen molar-refractivity contribution < 1.29 is 23.8 Å². The molecule has 1 N–H and O–H groups in total. The van der Waals surface area contributed by atoms with Gasteiger partial charge in [-0.3, -0.25) is 14.6 Å².